The molecule has 2 aliphatic rings. The molecule has 3 nitrogen and oxygen atoms in total. The quantitative estimate of drug-likeness (QED) is 0.839. The first-order chi connectivity index (χ1) is 8.81. The van der Waals surface area contributed by atoms with Gasteiger partial charge in [-0.05, 0) is 38.1 Å². The highest BCUT2D eigenvalue weighted by Crippen LogP contribution is 2.31. The number of hydrogen-bond acceptors (Lipinski definition) is 2. The molecule has 2 fully saturated rings. The summed E-state index contributed by atoms with van der Waals surface area (Å²) in [6, 6.07) is 0.428. The minimum atomic E-state index is 0. The fourth-order valence-corrected chi connectivity index (χ4v) is 3.57. The van der Waals surface area contributed by atoms with Crippen molar-refractivity contribution < 1.29 is 4.79 Å². The van der Waals surface area contributed by atoms with Gasteiger partial charge in [0.2, 0.25) is 5.91 Å². The summed E-state index contributed by atoms with van der Waals surface area (Å²) in [5.74, 6) is 0.910. The van der Waals surface area contributed by atoms with Crippen LogP contribution in [-0.4, -0.2) is 18.5 Å². The summed E-state index contributed by atoms with van der Waals surface area (Å²) in [5, 5.41) is 3.30. The van der Waals surface area contributed by atoms with Crippen LogP contribution in [0.4, 0.5) is 0 Å². The second kappa shape index (κ2) is 8.80. The summed E-state index contributed by atoms with van der Waals surface area (Å²) in [6.45, 7) is 0.669. The van der Waals surface area contributed by atoms with Crippen LogP contribution in [0.2, 0.25) is 0 Å². The molecule has 1 amide bonds. The van der Waals surface area contributed by atoms with Crippen molar-refractivity contribution in [1.29, 1.82) is 0 Å². The van der Waals surface area contributed by atoms with E-state index in [0.29, 0.717) is 18.5 Å². The predicted octanol–water partition coefficient (Wildman–Crippen LogP) is 3.01. The zero-order valence-electron chi connectivity index (χ0n) is 11.9. The predicted molar refractivity (Wildman–Crippen MR) is 81.4 cm³/mol. The van der Waals surface area contributed by atoms with E-state index in [9.17, 15) is 4.79 Å². The number of carbonyl (C=O) groups is 1. The van der Waals surface area contributed by atoms with Crippen LogP contribution in [0.1, 0.15) is 64.2 Å². The third-order valence-corrected chi connectivity index (χ3v) is 4.75. The van der Waals surface area contributed by atoms with Gasteiger partial charge < -0.3 is 11.1 Å². The summed E-state index contributed by atoms with van der Waals surface area (Å²) < 4.78 is 0. The van der Waals surface area contributed by atoms with E-state index in [-0.39, 0.29) is 24.2 Å². The maximum Gasteiger partial charge on any atom is 0.223 e. The van der Waals surface area contributed by atoms with Gasteiger partial charge in [-0.3, -0.25) is 4.79 Å². The van der Waals surface area contributed by atoms with E-state index >= 15 is 0 Å². The van der Waals surface area contributed by atoms with Crippen LogP contribution >= 0.6 is 12.4 Å². The largest absolute Gasteiger partial charge is 0.353 e. The summed E-state index contributed by atoms with van der Waals surface area (Å²) in [6.07, 6.45) is 12.3. The summed E-state index contributed by atoms with van der Waals surface area (Å²) >= 11 is 0. The zero-order chi connectivity index (χ0) is 12.8. The number of carbonyl (C=O) groups excluding carboxylic acids is 1. The van der Waals surface area contributed by atoms with Gasteiger partial charge >= 0.3 is 0 Å². The molecule has 19 heavy (non-hydrogen) atoms. The van der Waals surface area contributed by atoms with E-state index in [1.807, 2.05) is 0 Å². The van der Waals surface area contributed by atoms with Crippen LogP contribution in [0.25, 0.3) is 0 Å². The molecule has 0 aliphatic heterocycles. The maximum absolute atomic E-state index is 12.3. The number of hydrogen-bond donors (Lipinski definition) is 2. The van der Waals surface area contributed by atoms with Crippen molar-refractivity contribution in [2.45, 2.75) is 70.3 Å². The SMILES string of the molecule is Cl.NC[C@H]1CCC[C@H]1C(=O)NC1CCCCCCC1. The highest BCUT2D eigenvalue weighted by atomic mass is 35.5. The lowest BCUT2D eigenvalue weighted by Gasteiger charge is -2.24. The summed E-state index contributed by atoms with van der Waals surface area (Å²) in [5.41, 5.74) is 5.76. The lowest BCUT2D eigenvalue weighted by atomic mass is 9.93. The fourth-order valence-electron chi connectivity index (χ4n) is 3.57. The van der Waals surface area contributed by atoms with Crippen LogP contribution in [0.15, 0.2) is 0 Å². The average Bonchev–Trinajstić information content (AvgIpc) is 2.80. The Kier molecular flexibility index (Phi) is 7.77. The van der Waals surface area contributed by atoms with Crippen molar-refractivity contribution in [3.63, 3.8) is 0 Å². The second-order valence-electron chi connectivity index (χ2n) is 6.08. The lowest BCUT2D eigenvalue weighted by molar-refractivity contribution is -0.126. The molecule has 0 heterocycles. The van der Waals surface area contributed by atoms with E-state index in [1.54, 1.807) is 0 Å². The Labute approximate surface area is 123 Å². The third kappa shape index (κ3) is 4.96. The maximum atomic E-state index is 12.3. The van der Waals surface area contributed by atoms with Crippen LogP contribution in [0, 0.1) is 11.8 Å². The molecule has 0 bridgehead atoms. The molecule has 0 aromatic rings. The minimum Gasteiger partial charge on any atom is -0.353 e. The molecule has 0 unspecified atom stereocenters. The van der Waals surface area contributed by atoms with Gasteiger partial charge in [0.1, 0.15) is 0 Å². The Balaban J connectivity index is 0.00000180. The Morgan fingerprint density at radius 1 is 0.947 bits per heavy atom. The smallest absolute Gasteiger partial charge is 0.223 e. The molecule has 112 valence electrons. The number of halogens is 1. The van der Waals surface area contributed by atoms with Crippen molar-refractivity contribution in [3.8, 4) is 0 Å². The van der Waals surface area contributed by atoms with E-state index in [2.05, 4.69) is 5.32 Å². The van der Waals surface area contributed by atoms with Crippen molar-refractivity contribution >= 4 is 18.3 Å². The highest BCUT2D eigenvalue weighted by molar-refractivity contribution is 5.85. The molecule has 0 aromatic carbocycles. The molecule has 4 heteroatoms. The van der Waals surface area contributed by atoms with E-state index < -0.39 is 0 Å². The van der Waals surface area contributed by atoms with E-state index in [1.165, 1.54) is 51.4 Å². The van der Waals surface area contributed by atoms with Gasteiger partial charge in [-0.1, -0.05) is 38.5 Å². The number of nitrogens with one attached hydrogen (secondary N) is 1. The van der Waals surface area contributed by atoms with Gasteiger partial charge in [0, 0.05) is 12.0 Å². The average molecular weight is 289 g/mol. The van der Waals surface area contributed by atoms with E-state index in [0.717, 1.165) is 12.8 Å². The molecule has 0 aromatic heterocycles. The number of rotatable bonds is 3. The van der Waals surface area contributed by atoms with Gasteiger partial charge in [0.25, 0.3) is 0 Å². The van der Waals surface area contributed by atoms with Crippen molar-refractivity contribution in [1.82, 2.24) is 5.32 Å². The Bertz CT molecular complexity index is 265. The van der Waals surface area contributed by atoms with E-state index in [4.69, 9.17) is 5.73 Å². The first-order valence-electron chi connectivity index (χ1n) is 7.81. The third-order valence-electron chi connectivity index (χ3n) is 4.75. The highest BCUT2D eigenvalue weighted by Gasteiger charge is 2.32. The molecule has 2 saturated carbocycles. The molecular weight excluding hydrogens is 260 g/mol. The Morgan fingerprint density at radius 2 is 1.58 bits per heavy atom. The van der Waals surface area contributed by atoms with Crippen LogP contribution in [0.5, 0.6) is 0 Å². The standard InChI is InChI=1S/C15H28N2O.ClH/c16-11-12-7-6-10-14(12)15(18)17-13-8-4-2-1-3-5-9-13;/h12-14H,1-11,16H2,(H,17,18);1H/t12-,14-;/m1./s1. The van der Waals surface area contributed by atoms with Crippen LogP contribution in [-0.2, 0) is 4.79 Å². The minimum absolute atomic E-state index is 0. The molecule has 0 radical (unpaired) electrons. The zero-order valence-corrected chi connectivity index (χ0v) is 12.7. The van der Waals surface area contributed by atoms with Crippen LogP contribution in [0.3, 0.4) is 0 Å². The molecule has 2 aliphatic carbocycles. The number of amides is 1. The summed E-state index contributed by atoms with van der Waals surface area (Å²) in [7, 11) is 0. The van der Waals surface area contributed by atoms with Crippen molar-refractivity contribution in [2.75, 3.05) is 6.54 Å². The molecule has 0 saturated heterocycles. The topological polar surface area (TPSA) is 55.1 Å². The lowest BCUT2D eigenvalue weighted by Crippen LogP contribution is -2.41. The van der Waals surface area contributed by atoms with Gasteiger partial charge in [0.05, 0.1) is 0 Å². The molecule has 3 N–H and O–H groups in total. The normalized spacial score (nSPS) is 29.1. The van der Waals surface area contributed by atoms with Gasteiger partial charge in [-0.15, -0.1) is 12.4 Å². The van der Waals surface area contributed by atoms with Gasteiger partial charge in [-0.2, -0.15) is 0 Å². The fraction of sp³-hybridized carbons (Fsp3) is 0.933. The Morgan fingerprint density at radius 3 is 2.21 bits per heavy atom. The molecule has 2 atom stereocenters. The number of nitrogens with two attached hydrogens (primary N) is 1. The van der Waals surface area contributed by atoms with Gasteiger partial charge in [0.15, 0.2) is 0 Å². The molecule has 2 rings (SSSR count). The van der Waals surface area contributed by atoms with Gasteiger partial charge in [-0.25, -0.2) is 0 Å². The molecular formula is C15H29ClN2O. The first kappa shape index (κ1) is 16.8. The van der Waals surface area contributed by atoms with Crippen LogP contribution < -0.4 is 11.1 Å². The summed E-state index contributed by atoms with van der Waals surface area (Å²) in [4.78, 5) is 12.3. The Hall–Kier alpha value is -0.280. The van der Waals surface area contributed by atoms with Crippen molar-refractivity contribution in [2.24, 2.45) is 17.6 Å². The monoisotopic (exact) mass is 288 g/mol. The molecule has 0 spiro atoms. The second-order valence-corrected chi connectivity index (χ2v) is 6.08. The first-order valence-corrected chi connectivity index (χ1v) is 7.81. The van der Waals surface area contributed by atoms with Crippen molar-refractivity contribution in [3.05, 3.63) is 0 Å².